The van der Waals surface area contributed by atoms with Crippen LogP contribution in [0.2, 0.25) is 10.0 Å². The summed E-state index contributed by atoms with van der Waals surface area (Å²) in [7, 11) is 0. The van der Waals surface area contributed by atoms with E-state index in [1.165, 1.54) is 0 Å². The first kappa shape index (κ1) is 12.3. The SMILES string of the molecule is CC(C)N=C(NN)c1c(Cl)cccc1Cl. The van der Waals surface area contributed by atoms with Gasteiger partial charge in [-0.05, 0) is 26.0 Å². The second-order valence-corrected chi connectivity index (χ2v) is 4.13. The second kappa shape index (κ2) is 5.35. The molecule has 5 heteroatoms. The molecule has 3 nitrogen and oxygen atoms in total. The van der Waals surface area contributed by atoms with E-state index in [9.17, 15) is 0 Å². The Hall–Kier alpha value is -0.770. The van der Waals surface area contributed by atoms with E-state index < -0.39 is 0 Å². The summed E-state index contributed by atoms with van der Waals surface area (Å²) in [6, 6.07) is 5.38. The predicted octanol–water partition coefficient (Wildman–Crippen LogP) is 2.61. The average molecular weight is 246 g/mol. The van der Waals surface area contributed by atoms with Crippen molar-refractivity contribution >= 4 is 29.0 Å². The summed E-state index contributed by atoms with van der Waals surface area (Å²) in [5.74, 6) is 5.89. The van der Waals surface area contributed by atoms with E-state index in [1.54, 1.807) is 18.2 Å². The molecule has 0 aromatic heterocycles. The Morgan fingerprint density at radius 2 is 1.87 bits per heavy atom. The molecular formula is C10H13Cl2N3. The molecule has 0 spiro atoms. The minimum atomic E-state index is 0.114. The lowest BCUT2D eigenvalue weighted by Crippen LogP contribution is -2.32. The number of hydrazine groups is 1. The fraction of sp³-hybridized carbons (Fsp3) is 0.300. The highest BCUT2D eigenvalue weighted by molar-refractivity contribution is 6.40. The quantitative estimate of drug-likeness (QED) is 0.364. The highest BCUT2D eigenvalue weighted by Gasteiger charge is 2.11. The fourth-order valence-electron chi connectivity index (χ4n) is 1.16. The van der Waals surface area contributed by atoms with Crippen LogP contribution in [0.15, 0.2) is 23.2 Å². The Bertz CT molecular complexity index is 355. The van der Waals surface area contributed by atoms with Crippen LogP contribution in [-0.2, 0) is 0 Å². The third-order valence-corrected chi connectivity index (χ3v) is 2.35. The van der Waals surface area contributed by atoms with Gasteiger partial charge >= 0.3 is 0 Å². The first-order valence-electron chi connectivity index (χ1n) is 4.55. The number of hydrogen-bond acceptors (Lipinski definition) is 2. The van der Waals surface area contributed by atoms with E-state index in [0.717, 1.165) is 0 Å². The molecule has 15 heavy (non-hydrogen) atoms. The number of nitrogens with two attached hydrogens (primary N) is 1. The Kier molecular flexibility index (Phi) is 4.39. The lowest BCUT2D eigenvalue weighted by Gasteiger charge is -2.11. The molecule has 0 heterocycles. The van der Waals surface area contributed by atoms with Crippen molar-refractivity contribution in [2.45, 2.75) is 19.9 Å². The van der Waals surface area contributed by atoms with Gasteiger partial charge in [-0.1, -0.05) is 29.3 Å². The maximum atomic E-state index is 6.03. The van der Waals surface area contributed by atoms with Crippen LogP contribution in [0.1, 0.15) is 19.4 Å². The van der Waals surface area contributed by atoms with E-state index in [-0.39, 0.29) is 6.04 Å². The van der Waals surface area contributed by atoms with Crippen LogP contribution in [0.5, 0.6) is 0 Å². The third kappa shape index (κ3) is 3.09. The normalized spacial score (nSPS) is 12.0. The van der Waals surface area contributed by atoms with Crippen LogP contribution < -0.4 is 11.3 Å². The van der Waals surface area contributed by atoms with Crippen LogP contribution in [-0.4, -0.2) is 11.9 Å². The Labute approximate surface area is 99.3 Å². The number of amidine groups is 1. The van der Waals surface area contributed by atoms with Crippen molar-refractivity contribution in [3.63, 3.8) is 0 Å². The van der Waals surface area contributed by atoms with Crippen LogP contribution in [0.4, 0.5) is 0 Å². The molecule has 0 saturated carbocycles. The molecule has 0 aliphatic heterocycles. The zero-order chi connectivity index (χ0) is 11.4. The van der Waals surface area contributed by atoms with Gasteiger partial charge in [0, 0.05) is 6.04 Å². The summed E-state index contributed by atoms with van der Waals surface area (Å²) >= 11 is 12.1. The highest BCUT2D eigenvalue weighted by atomic mass is 35.5. The van der Waals surface area contributed by atoms with Gasteiger partial charge in [0.25, 0.3) is 0 Å². The molecule has 1 aromatic rings. The number of aliphatic imine (C=N–C) groups is 1. The van der Waals surface area contributed by atoms with Crippen molar-refractivity contribution < 1.29 is 0 Å². The smallest absolute Gasteiger partial charge is 0.145 e. The number of nitrogens with zero attached hydrogens (tertiary/aromatic N) is 1. The van der Waals surface area contributed by atoms with Crippen molar-refractivity contribution in [1.82, 2.24) is 5.43 Å². The standard InChI is InChI=1S/C10H13Cl2N3/c1-6(2)14-10(15-13)9-7(11)4-3-5-8(9)12/h3-6H,13H2,1-2H3,(H,14,15). The van der Waals surface area contributed by atoms with E-state index in [2.05, 4.69) is 10.4 Å². The van der Waals surface area contributed by atoms with Crippen molar-refractivity contribution in [3.05, 3.63) is 33.8 Å². The molecule has 1 aromatic carbocycles. The van der Waals surface area contributed by atoms with Gasteiger partial charge in [-0.25, -0.2) is 5.84 Å². The van der Waals surface area contributed by atoms with Crippen LogP contribution in [0.3, 0.4) is 0 Å². The summed E-state index contributed by atoms with van der Waals surface area (Å²) in [5, 5.41) is 1.06. The predicted molar refractivity (Wildman–Crippen MR) is 65.5 cm³/mol. The largest absolute Gasteiger partial charge is 0.308 e. The van der Waals surface area contributed by atoms with Gasteiger partial charge in [-0.3, -0.25) is 4.99 Å². The molecule has 0 amide bonds. The molecule has 82 valence electrons. The van der Waals surface area contributed by atoms with Crippen molar-refractivity contribution in [1.29, 1.82) is 0 Å². The minimum absolute atomic E-state index is 0.114. The van der Waals surface area contributed by atoms with E-state index in [0.29, 0.717) is 21.4 Å². The number of nitrogens with one attached hydrogen (secondary N) is 1. The lowest BCUT2D eigenvalue weighted by atomic mass is 10.2. The zero-order valence-corrected chi connectivity index (χ0v) is 10.1. The van der Waals surface area contributed by atoms with Crippen LogP contribution >= 0.6 is 23.2 Å². The van der Waals surface area contributed by atoms with E-state index >= 15 is 0 Å². The maximum Gasteiger partial charge on any atom is 0.145 e. The monoisotopic (exact) mass is 245 g/mol. The first-order chi connectivity index (χ1) is 7.06. The topological polar surface area (TPSA) is 50.4 Å². The van der Waals surface area contributed by atoms with Gasteiger partial charge in [-0.2, -0.15) is 0 Å². The zero-order valence-electron chi connectivity index (χ0n) is 8.59. The van der Waals surface area contributed by atoms with Crippen molar-refractivity contribution in [2.24, 2.45) is 10.8 Å². The molecule has 0 aliphatic rings. The molecule has 3 N–H and O–H groups in total. The maximum absolute atomic E-state index is 6.03. The molecule has 0 unspecified atom stereocenters. The summed E-state index contributed by atoms with van der Waals surface area (Å²) in [4.78, 5) is 4.30. The number of hydrogen-bond donors (Lipinski definition) is 2. The Morgan fingerprint density at radius 3 is 2.27 bits per heavy atom. The lowest BCUT2D eigenvalue weighted by molar-refractivity contribution is 0.820. The van der Waals surface area contributed by atoms with Crippen LogP contribution in [0, 0.1) is 0 Å². The number of halogens is 2. The van der Waals surface area contributed by atoms with Crippen molar-refractivity contribution in [2.75, 3.05) is 0 Å². The summed E-state index contributed by atoms with van der Waals surface area (Å²) < 4.78 is 0. The van der Waals surface area contributed by atoms with E-state index in [1.807, 2.05) is 13.8 Å². The molecule has 0 radical (unpaired) electrons. The van der Waals surface area contributed by atoms with Crippen LogP contribution in [0.25, 0.3) is 0 Å². The number of benzene rings is 1. The third-order valence-electron chi connectivity index (χ3n) is 1.72. The van der Waals surface area contributed by atoms with E-state index in [4.69, 9.17) is 29.0 Å². The summed E-state index contributed by atoms with van der Waals surface area (Å²) in [5.41, 5.74) is 3.15. The second-order valence-electron chi connectivity index (χ2n) is 3.31. The van der Waals surface area contributed by atoms with Crippen molar-refractivity contribution in [3.8, 4) is 0 Å². The van der Waals surface area contributed by atoms with Gasteiger partial charge < -0.3 is 5.43 Å². The molecule has 0 aliphatic carbocycles. The number of rotatable bonds is 2. The summed E-state index contributed by atoms with van der Waals surface area (Å²) in [6.07, 6.45) is 0. The highest BCUT2D eigenvalue weighted by Crippen LogP contribution is 2.24. The molecule has 0 bridgehead atoms. The molecule has 0 atom stereocenters. The van der Waals surface area contributed by atoms with Gasteiger partial charge in [0.1, 0.15) is 5.84 Å². The molecular weight excluding hydrogens is 233 g/mol. The minimum Gasteiger partial charge on any atom is -0.308 e. The summed E-state index contributed by atoms with van der Waals surface area (Å²) in [6.45, 7) is 3.89. The van der Waals surface area contributed by atoms with Gasteiger partial charge in [0.2, 0.25) is 0 Å². The molecule has 1 rings (SSSR count). The Morgan fingerprint density at radius 1 is 1.33 bits per heavy atom. The molecule has 0 saturated heterocycles. The first-order valence-corrected chi connectivity index (χ1v) is 5.30. The van der Waals surface area contributed by atoms with Gasteiger partial charge in [0.15, 0.2) is 0 Å². The average Bonchev–Trinajstić information content (AvgIpc) is 2.15. The van der Waals surface area contributed by atoms with Gasteiger partial charge in [-0.15, -0.1) is 0 Å². The Balaban J connectivity index is 3.24. The fourth-order valence-corrected chi connectivity index (χ4v) is 1.73. The molecule has 0 fully saturated rings. The van der Waals surface area contributed by atoms with Gasteiger partial charge in [0.05, 0.1) is 15.6 Å².